The fourth-order valence-corrected chi connectivity index (χ4v) is 3.57. The second-order valence-corrected chi connectivity index (χ2v) is 9.36. The van der Waals surface area contributed by atoms with Crippen molar-refractivity contribution in [1.82, 2.24) is 0 Å². The molecular weight excluding hydrogens is 445 g/mol. The van der Waals surface area contributed by atoms with Crippen LogP contribution in [-0.4, -0.2) is 69.5 Å². The van der Waals surface area contributed by atoms with Gasteiger partial charge in [-0.1, -0.05) is 6.92 Å². The molecule has 3 atom stereocenters. The predicted octanol–water partition coefficient (Wildman–Crippen LogP) is 2.24. The van der Waals surface area contributed by atoms with Gasteiger partial charge in [0.05, 0.1) is 51.4 Å². The van der Waals surface area contributed by atoms with Crippen LogP contribution in [0.5, 0.6) is 0 Å². The number of ether oxygens (including phenoxy) is 2. The Morgan fingerprint density at radius 1 is 1.03 bits per heavy atom. The summed E-state index contributed by atoms with van der Waals surface area (Å²) in [4.78, 5) is 36.6. The molecule has 0 spiro atoms. The van der Waals surface area contributed by atoms with Crippen LogP contribution in [0.15, 0.2) is 46.0 Å². The first-order chi connectivity index (χ1) is 15.0. The zero-order valence-electron chi connectivity index (χ0n) is 18.4. The molecule has 2 heterocycles. The molecule has 0 fully saturated rings. The molecular formula is C20H28NO10P. The number of carbonyl (C=O) groups is 2. The Morgan fingerprint density at radius 3 is 2.12 bits per heavy atom. The Balaban J connectivity index is 1.99. The maximum Gasteiger partial charge on any atom is 0.341 e. The highest BCUT2D eigenvalue weighted by molar-refractivity contribution is 7.45. The van der Waals surface area contributed by atoms with Crippen LogP contribution < -0.4 is 4.89 Å². The quantitative estimate of drug-likeness (QED) is 0.242. The molecule has 0 aliphatic carbocycles. The molecule has 32 heavy (non-hydrogen) atoms. The minimum absolute atomic E-state index is 0.103. The SMILES string of the molecule is CCC(C[N+](C)(C)C)OP(=O)([O-])OC[C@@H](COC(=O)c1ccoc1)OC(=O)c1ccoc1. The number of likely N-dealkylation sites (N-methyl/N-ethyl adjacent to an activating group) is 1. The largest absolute Gasteiger partial charge is 0.756 e. The van der Waals surface area contributed by atoms with Gasteiger partial charge in [0, 0.05) is 0 Å². The first-order valence-corrected chi connectivity index (χ1v) is 11.3. The molecule has 2 rings (SSSR count). The van der Waals surface area contributed by atoms with E-state index >= 15 is 0 Å². The number of nitrogens with zero attached hydrogens (tertiary/aromatic N) is 1. The first kappa shape index (κ1) is 25.8. The lowest BCUT2D eigenvalue weighted by Gasteiger charge is -2.33. The molecule has 0 saturated heterocycles. The maximum absolute atomic E-state index is 12.3. The normalized spacial score (nSPS) is 15.5. The van der Waals surface area contributed by atoms with Gasteiger partial charge in [0.1, 0.15) is 31.8 Å². The molecule has 178 valence electrons. The highest BCUT2D eigenvalue weighted by Crippen LogP contribution is 2.41. The molecule has 0 amide bonds. The second-order valence-electron chi connectivity index (χ2n) is 8.00. The van der Waals surface area contributed by atoms with E-state index in [9.17, 15) is 19.0 Å². The van der Waals surface area contributed by atoms with Crippen LogP contribution in [0.2, 0.25) is 0 Å². The van der Waals surface area contributed by atoms with E-state index in [1.807, 2.05) is 21.1 Å². The van der Waals surface area contributed by atoms with Gasteiger partial charge in [0.25, 0.3) is 7.82 Å². The second kappa shape index (κ2) is 11.4. The number of quaternary nitrogens is 1. The van der Waals surface area contributed by atoms with Gasteiger partial charge in [0.15, 0.2) is 6.10 Å². The van der Waals surface area contributed by atoms with E-state index in [1.54, 1.807) is 6.92 Å². The number of phosphoric ester groups is 1. The van der Waals surface area contributed by atoms with E-state index in [-0.39, 0.29) is 11.1 Å². The number of carbonyl (C=O) groups excluding carboxylic acids is 2. The van der Waals surface area contributed by atoms with E-state index in [4.69, 9.17) is 27.4 Å². The standard InChI is InChI=1S/C20H28NO10P/c1-5-17(10-21(2,3)4)31-32(24,25)29-14-18(30-20(23)16-7-9-27-12-16)13-28-19(22)15-6-8-26-11-15/h6-9,11-12,17-18H,5,10,13-14H2,1-4H3/t17?,18-/m1/s1. The minimum Gasteiger partial charge on any atom is -0.756 e. The summed E-state index contributed by atoms with van der Waals surface area (Å²) in [6.07, 6.45) is 3.55. The molecule has 2 aromatic rings. The Bertz CT molecular complexity index is 888. The molecule has 0 aliphatic heterocycles. The summed E-state index contributed by atoms with van der Waals surface area (Å²) in [6, 6.07) is 2.76. The molecule has 12 heteroatoms. The summed E-state index contributed by atoms with van der Waals surface area (Å²) in [6.45, 7) is 1.17. The van der Waals surface area contributed by atoms with Crippen LogP contribution in [-0.2, 0) is 23.1 Å². The third-order valence-electron chi connectivity index (χ3n) is 4.09. The van der Waals surface area contributed by atoms with E-state index in [1.165, 1.54) is 30.9 Å². The van der Waals surface area contributed by atoms with Crippen LogP contribution in [0.3, 0.4) is 0 Å². The minimum atomic E-state index is -4.73. The summed E-state index contributed by atoms with van der Waals surface area (Å²) in [5.74, 6) is -1.54. The summed E-state index contributed by atoms with van der Waals surface area (Å²) in [5, 5.41) is 0. The lowest BCUT2D eigenvalue weighted by atomic mass is 10.2. The summed E-state index contributed by atoms with van der Waals surface area (Å²) >= 11 is 0. The van der Waals surface area contributed by atoms with Gasteiger partial charge >= 0.3 is 11.9 Å². The van der Waals surface area contributed by atoms with E-state index in [0.29, 0.717) is 17.4 Å². The van der Waals surface area contributed by atoms with Crippen molar-refractivity contribution in [1.29, 1.82) is 0 Å². The molecule has 0 radical (unpaired) electrons. The summed E-state index contributed by atoms with van der Waals surface area (Å²) in [5.41, 5.74) is 0.251. The Hall–Kier alpha value is -2.43. The molecule has 2 aromatic heterocycles. The van der Waals surface area contributed by atoms with Crippen molar-refractivity contribution in [2.75, 3.05) is 40.9 Å². The fourth-order valence-electron chi connectivity index (χ4n) is 2.58. The van der Waals surface area contributed by atoms with Gasteiger partial charge in [-0.3, -0.25) is 4.57 Å². The van der Waals surface area contributed by atoms with E-state index in [2.05, 4.69) is 0 Å². The topological polar surface area (TPSA) is 137 Å². The molecule has 0 N–H and O–H groups in total. The van der Waals surface area contributed by atoms with Crippen LogP contribution in [0.4, 0.5) is 0 Å². The summed E-state index contributed by atoms with van der Waals surface area (Å²) < 4.78 is 42.9. The van der Waals surface area contributed by atoms with Crippen LogP contribution in [0.1, 0.15) is 34.1 Å². The van der Waals surface area contributed by atoms with Gasteiger partial charge in [-0.2, -0.15) is 0 Å². The van der Waals surface area contributed by atoms with Crippen molar-refractivity contribution in [3.8, 4) is 0 Å². The zero-order chi connectivity index (χ0) is 23.8. The lowest BCUT2D eigenvalue weighted by Crippen LogP contribution is -2.42. The summed E-state index contributed by atoms with van der Waals surface area (Å²) in [7, 11) is 0.986. The molecule has 0 aliphatic rings. The molecule has 0 aromatic carbocycles. The third kappa shape index (κ3) is 8.97. The van der Waals surface area contributed by atoms with Gasteiger partial charge in [0.2, 0.25) is 0 Å². The number of furan rings is 2. The highest BCUT2D eigenvalue weighted by Gasteiger charge is 2.26. The van der Waals surface area contributed by atoms with Crippen molar-refractivity contribution >= 4 is 19.8 Å². The molecule has 0 saturated carbocycles. The average Bonchev–Trinajstić information content (AvgIpc) is 3.42. The number of hydrogen-bond donors (Lipinski definition) is 0. The smallest absolute Gasteiger partial charge is 0.341 e. The number of hydrogen-bond acceptors (Lipinski definition) is 10. The molecule has 2 unspecified atom stereocenters. The first-order valence-electron chi connectivity index (χ1n) is 9.86. The van der Waals surface area contributed by atoms with Gasteiger partial charge < -0.3 is 36.7 Å². The van der Waals surface area contributed by atoms with Gasteiger partial charge in [-0.05, 0) is 18.6 Å². The van der Waals surface area contributed by atoms with E-state index < -0.39 is 45.2 Å². The van der Waals surface area contributed by atoms with Crippen LogP contribution in [0.25, 0.3) is 0 Å². The predicted molar refractivity (Wildman–Crippen MR) is 109 cm³/mol. The Kier molecular flexibility index (Phi) is 9.23. The van der Waals surface area contributed by atoms with Crippen molar-refractivity contribution in [3.05, 3.63) is 48.3 Å². The number of phosphoric acid groups is 1. The molecule has 0 bridgehead atoms. The van der Waals surface area contributed by atoms with Crippen molar-refractivity contribution in [2.45, 2.75) is 25.6 Å². The zero-order valence-corrected chi connectivity index (χ0v) is 19.3. The van der Waals surface area contributed by atoms with Crippen LogP contribution >= 0.6 is 7.82 Å². The van der Waals surface area contributed by atoms with Crippen molar-refractivity contribution in [2.24, 2.45) is 0 Å². The van der Waals surface area contributed by atoms with Crippen molar-refractivity contribution < 1.29 is 50.9 Å². The Labute approximate surface area is 186 Å². The average molecular weight is 473 g/mol. The fraction of sp³-hybridized carbons (Fsp3) is 0.500. The van der Waals surface area contributed by atoms with Gasteiger partial charge in [-0.15, -0.1) is 0 Å². The highest BCUT2D eigenvalue weighted by atomic mass is 31.2. The maximum atomic E-state index is 12.3. The monoisotopic (exact) mass is 473 g/mol. The number of esters is 2. The molecule has 11 nitrogen and oxygen atoms in total. The van der Waals surface area contributed by atoms with Crippen LogP contribution in [0, 0.1) is 0 Å². The third-order valence-corrected chi connectivity index (χ3v) is 5.11. The van der Waals surface area contributed by atoms with E-state index in [0.717, 1.165) is 6.26 Å². The number of rotatable bonds is 13. The Morgan fingerprint density at radius 2 is 1.62 bits per heavy atom. The lowest BCUT2D eigenvalue weighted by molar-refractivity contribution is -0.873. The van der Waals surface area contributed by atoms with Gasteiger partial charge in [-0.25, -0.2) is 9.59 Å². The van der Waals surface area contributed by atoms with Crippen molar-refractivity contribution in [3.63, 3.8) is 0 Å².